The molecule has 2 aromatic carbocycles. The molecule has 0 saturated carbocycles. The predicted molar refractivity (Wildman–Crippen MR) is 123 cm³/mol. The molecule has 34 heavy (non-hydrogen) atoms. The van der Waals surface area contributed by atoms with E-state index in [2.05, 4.69) is 10.6 Å². The fourth-order valence-corrected chi connectivity index (χ4v) is 3.32. The van der Waals surface area contributed by atoms with Gasteiger partial charge in [-0.3, -0.25) is 9.59 Å². The van der Waals surface area contributed by atoms with E-state index in [9.17, 15) is 19.2 Å². The summed E-state index contributed by atoms with van der Waals surface area (Å²) in [6.45, 7) is 1.57. The summed E-state index contributed by atoms with van der Waals surface area (Å²) in [4.78, 5) is 49.9. The fourth-order valence-electron chi connectivity index (χ4n) is 3.32. The van der Waals surface area contributed by atoms with E-state index in [1.54, 1.807) is 73.7 Å². The molecule has 1 saturated heterocycles. The SMILES string of the molecule is CCOC(=O)c1cccc(-c2ccc(/C=C3/NC(=O)N(CC(=O)Nc4ccccc4)C3=O)o2)c1. The quantitative estimate of drug-likeness (QED) is 0.316. The van der Waals surface area contributed by atoms with Crippen LogP contribution < -0.4 is 10.6 Å². The van der Waals surface area contributed by atoms with Gasteiger partial charge >= 0.3 is 12.0 Å². The minimum Gasteiger partial charge on any atom is -0.462 e. The Kier molecular flexibility index (Phi) is 6.54. The van der Waals surface area contributed by atoms with Crippen LogP contribution in [0, 0.1) is 0 Å². The minimum atomic E-state index is -0.701. The molecule has 0 bridgehead atoms. The second kappa shape index (κ2) is 9.86. The van der Waals surface area contributed by atoms with Crippen molar-refractivity contribution in [3.63, 3.8) is 0 Å². The number of amides is 4. The molecule has 1 aromatic heterocycles. The number of ether oxygens (including phenoxy) is 1. The highest BCUT2D eigenvalue weighted by atomic mass is 16.5. The third-order valence-electron chi connectivity index (χ3n) is 4.89. The molecule has 2 heterocycles. The Morgan fingerprint density at radius 2 is 1.85 bits per heavy atom. The minimum absolute atomic E-state index is 0.0151. The summed E-state index contributed by atoms with van der Waals surface area (Å²) in [5, 5.41) is 5.09. The van der Waals surface area contributed by atoms with Crippen LogP contribution in [0.2, 0.25) is 0 Å². The Hall–Kier alpha value is -4.66. The second-order valence-electron chi connectivity index (χ2n) is 7.30. The van der Waals surface area contributed by atoms with Gasteiger partial charge in [0.1, 0.15) is 23.8 Å². The molecule has 4 rings (SSSR count). The van der Waals surface area contributed by atoms with Crippen molar-refractivity contribution < 1.29 is 28.3 Å². The maximum absolute atomic E-state index is 12.7. The number of hydrogen-bond donors (Lipinski definition) is 2. The molecule has 4 amide bonds. The Bertz CT molecular complexity index is 1280. The highest BCUT2D eigenvalue weighted by Crippen LogP contribution is 2.25. The first-order valence-electron chi connectivity index (χ1n) is 10.5. The van der Waals surface area contributed by atoms with Crippen LogP contribution in [0.1, 0.15) is 23.0 Å². The normalized spacial score (nSPS) is 14.3. The molecule has 3 aromatic rings. The molecule has 172 valence electrons. The van der Waals surface area contributed by atoms with E-state index in [1.165, 1.54) is 6.08 Å². The average molecular weight is 459 g/mol. The number of carbonyl (C=O) groups is 4. The third-order valence-corrected chi connectivity index (χ3v) is 4.89. The summed E-state index contributed by atoms with van der Waals surface area (Å²) < 4.78 is 10.8. The number of hydrogen-bond acceptors (Lipinski definition) is 6. The zero-order chi connectivity index (χ0) is 24.1. The molecular weight excluding hydrogens is 438 g/mol. The van der Waals surface area contributed by atoms with Crippen LogP contribution in [0.5, 0.6) is 0 Å². The Labute approximate surface area is 195 Å². The van der Waals surface area contributed by atoms with Gasteiger partial charge in [0.05, 0.1) is 12.2 Å². The van der Waals surface area contributed by atoms with Crippen molar-refractivity contribution in [3.8, 4) is 11.3 Å². The van der Waals surface area contributed by atoms with Gasteiger partial charge in [0.2, 0.25) is 5.91 Å². The van der Waals surface area contributed by atoms with Gasteiger partial charge in [0.15, 0.2) is 0 Å². The lowest BCUT2D eigenvalue weighted by atomic mass is 10.1. The van der Waals surface area contributed by atoms with Gasteiger partial charge < -0.3 is 19.8 Å². The van der Waals surface area contributed by atoms with Gasteiger partial charge in [-0.05, 0) is 43.3 Å². The molecule has 0 aliphatic carbocycles. The lowest BCUT2D eigenvalue weighted by Gasteiger charge is -2.11. The van der Waals surface area contributed by atoms with Crippen molar-refractivity contribution in [2.75, 3.05) is 18.5 Å². The Balaban J connectivity index is 1.45. The summed E-state index contributed by atoms with van der Waals surface area (Å²) in [6, 6.07) is 18.1. The number of benzene rings is 2. The number of para-hydroxylation sites is 1. The van der Waals surface area contributed by atoms with Gasteiger partial charge in [0, 0.05) is 17.3 Å². The van der Waals surface area contributed by atoms with E-state index in [1.807, 2.05) is 0 Å². The van der Waals surface area contributed by atoms with Crippen LogP contribution in [0.3, 0.4) is 0 Å². The van der Waals surface area contributed by atoms with Crippen molar-refractivity contribution in [2.24, 2.45) is 0 Å². The zero-order valence-corrected chi connectivity index (χ0v) is 18.2. The number of esters is 1. The molecule has 9 nitrogen and oxygen atoms in total. The van der Waals surface area contributed by atoms with E-state index in [0.29, 0.717) is 28.3 Å². The first kappa shape index (κ1) is 22.5. The van der Waals surface area contributed by atoms with Gasteiger partial charge in [-0.2, -0.15) is 0 Å². The highest BCUT2D eigenvalue weighted by Gasteiger charge is 2.35. The summed E-state index contributed by atoms with van der Waals surface area (Å²) in [5.74, 6) is -0.799. The number of carbonyl (C=O) groups excluding carboxylic acids is 4. The highest BCUT2D eigenvalue weighted by molar-refractivity contribution is 6.15. The summed E-state index contributed by atoms with van der Waals surface area (Å²) in [5.41, 5.74) is 1.58. The average Bonchev–Trinajstić information content (AvgIpc) is 3.40. The Morgan fingerprint density at radius 1 is 1.06 bits per heavy atom. The summed E-state index contributed by atoms with van der Waals surface area (Å²) in [6.07, 6.45) is 1.38. The maximum Gasteiger partial charge on any atom is 0.338 e. The predicted octanol–water partition coefficient (Wildman–Crippen LogP) is 3.65. The molecule has 0 unspecified atom stereocenters. The molecule has 0 spiro atoms. The topological polar surface area (TPSA) is 118 Å². The number of imide groups is 1. The maximum atomic E-state index is 12.7. The van der Waals surface area contributed by atoms with Gasteiger partial charge in [-0.15, -0.1) is 0 Å². The molecule has 9 heteroatoms. The first-order chi connectivity index (χ1) is 16.4. The van der Waals surface area contributed by atoms with E-state index in [0.717, 1.165) is 4.90 Å². The lowest BCUT2D eigenvalue weighted by molar-refractivity contribution is -0.127. The molecule has 0 atom stereocenters. The van der Waals surface area contributed by atoms with Crippen LogP contribution in [0.15, 0.2) is 76.8 Å². The molecular formula is C25H21N3O6. The van der Waals surface area contributed by atoms with Crippen molar-refractivity contribution in [1.29, 1.82) is 0 Å². The van der Waals surface area contributed by atoms with Crippen LogP contribution >= 0.6 is 0 Å². The van der Waals surface area contributed by atoms with Crippen LogP contribution in [-0.2, 0) is 14.3 Å². The number of urea groups is 1. The fraction of sp³-hybridized carbons (Fsp3) is 0.120. The van der Waals surface area contributed by atoms with Gasteiger partial charge in [-0.1, -0.05) is 30.3 Å². The number of rotatable bonds is 7. The second-order valence-corrected chi connectivity index (χ2v) is 7.30. The number of nitrogens with one attached hydrogen (secondary N) is 2. The smallest absolute Gasteiger partial charge is 0.338 e. The monoisotopic (exact) mass is 459 g/mol. The molecule has 1 fully saturated rings. The number of nitrogens with zero attached hydrogens (tertiary/aromatic N) is 1. The standard InChI is InChI=1S/C25H21N3O6/c1-2-33-24(31)17-8-6-7-16(13-17)21-12-11-19(34-21)14-20-23(30)28(25(32)27-20)15-22(29)26-18-9-4-3-5-10-18/h3-14H,2,15H2,1H3,(H,26,29)(H,27,32)/b20-14+. The number of anilines is 1. The van der Waals surface area contributed by atoms with Crippen molar-refractivity contribution >= 4 is 35.6 Å². The molecule has 0 radical (unpaired) electrons. The largest absolute Gasteiger partial charge is 0.462 e. The van der Waals surface area contributed by atoms with Crippen molar-refractivity contribution in [1.82, 2.24) is 10.2 Å². The van der Waals surface area contributed by atoms with E-state index in [4.69, 9.17) is 9.15 Å². The van der Waals surface area contributed by atoms with Crippen LogP contribution in [-0.4, -0.2) is 41.9 Å². The van der Waals surface area contributed by atoms with Gasteiger partial charge in [-0.25, -0.2) is 14.5 Å². The molecule has 2 N–H and O–H groups in total. The summed E-state index contributed by atoms with van der Waals surface area (Å²) in [7, 11) is 0. The third kappa shape index (κ3) is 5.04. The van der Waals surface area contributed by atoms with E-state index in [-0.39, 0.29) is 12.3 Å². The first-order valence-corrected chi connectivity index (χ1v) is 10.5. The summed E-state index contributed by atoms with van der Waals surface area (Å²) >= 11 is 0. The van der Waals surface area contributed by atoms with E-state index < -0.39 is 30.4 Å². The van der Waals surface area contributed by atoms with Crippen molar-refractivity contribution in [2.45, 2.75) is 6.92 Å². The molecule has 1 aliphatic rings. The van der Waals surface area contributed by atoms with Crippen LogP contribution in [0.4, 0.5) is 10.5 Å². The Morgan fingerprint density at radius 3 is 2.62 bits per heavy atom. The van der Waals surface area contributed by atoms with Crippen molar-refractivity contribution in [3.05, 3.63) is 83.8 Å². The zero-order valence-electron chi connectivity index (χ0n) is 18.2. The number of furan rings is 1. The van der Waals surface area contributed by atoms with Crippen LogP contribution in [0.25, 0.3) is 17.4 Å². The van der Waals surface area contributed by atoms with E-state index >= 15 is 0 Å². The molecule has 1 aliphatic heterocycles. The lowest BCUT2D eigenvalue weighted by Crippen LogP contribution is -2.38. The van der Waals surface area contributed by atoms with Gasteiger partial charge in [0.25, 0.3) is 5.91 Å².